The van der Waals surface area contributed by atoms with Gasteiger partial charge in [0.1, 0.15) is 0 Å². The average molecular weight is 254 g/mol. The first-order chi connectivity index (χ1) is 8.08. The first-order valence-corrected chi connectivity index (χ1v) is 6.57. The number of amides is 1. The Kier molecular flexibility index (Phi) is 5.49. The number of halogens is 1. The Morgan fingerprint density at radius 1 is 1.29 bits per heavy atom. The highest BCUT2D eigenvalue weighted by atomic mass is 35.5. The van der Waals surface area contributed by atoms with Gasteiger partial charge in [0.25, 0.3) is 5.91 Å². The second-order valence-corrected chi connectivity index (χ2v) is 4.75. The van der Waals surface area contributed by atoms with Gasteiger partial charge in [-0.05, 0) is 37.0 Å². The standard InChI is InChI=1S/C14H20ClNO/c1-4-12-5-7-13(8-6-12)14(17)16-11(3)10(2)9-15/h5-8,10-11H,4,9H2,1-3H3,(H,16,17). The number of carbonyl (C=O) groups excluding carboxylic acids is 1. The van der Waals surface area contributed by atoms with Crippen LogP contribution in [0.2, 0.25) is 0 Å². The molecule has 0 aliphatic rings. The Morgan fingerprint density at radius 3 is 2.35 bits per heavy atom. The van der Waals surface area contributed by atoms with Crippen LogP contribution < -0.4 is 5.32 Å². The summed E-state index contributed by atoms with van der Waals surface area (Å²) in [5, 5.41) is 2.96. The highest BCUT2D eigenvalue weighted by molar-refractivity contribution is 6.18. The first kappa shape index (κ1) is 14.0. The van der Waals surface area contributed by atoms with Crippen molar-refractivity contribution < 1.29 is 4.79 Å². The molecule has 2 atom stereocenters. The van der Waals surface area contributed by atoms with Gasteiger partial charge in [-0.3, -0.25) is 4.79 Å². The molecule has 1 aromatic carbocycles. The van der Waals surface area contributed by atoms with E-state index in [2.05, 4.69) is 12.2 Å². The maximum absolute atomic E-state index is 11.9. The Bertz CT molecular complexity index is 361. The fraction of sp³-hybridized carbons (Fsp3) is 0.500. The predicted octanol–water partition coefficient (Wildman–Crippen LogP) is 3.24. The number of carbonyl (C=O) groups is 1. The van der Waals surface area contributed by atoms with Gasteiger partial charge in [0, 0.05) is 17.5 Å². The van der Waals surface area contributed by atoms with Crippen LogP contribution in [0, 0.1) is 5.92 Å². The summed E-state index contributed by atoms with van der Waals surface area (Å²) in [5.41, 5.74) is 1.94. The van der Waals surface area contributed by atoms with E-state index in [9.17, 15) is 4.79 Å². The monoisotopic (exact) mass is 253 g/mol. The quantitative estimate of drug-likeness (QED) is 0.802. The van der Waals surface area contributed by atoms with E-state index in [4.69, 9.17) is 11.6 Å². The maximum Gasteiger partial charge on any atom is 0.251 e. The van der Waals surface area contributed by atoms with E-state index in [1.54, 1.807) is 0 Å². The van der Waals surface area contributed by atoms with Gasteiger partial charge < -0.3 is 5.32 Å². The van der Waals surface area contributed by atoms with Gasteiger partial charge >= 0.3 is 0 Å². The van der Waals surface area contributed by atoms with E-state index in [1.807, 2.05) is 38.1 Å². The van der Waals surface area contributed by atoms with Gasteiger partial charge in [-0.15, -0.1) is 11.6 Å². The minimum absolute atomic E-state index is 0.0304. The van der Waals surface area contributed by atoms with Gasteiger partial charge in [0.2, 0.25) is 0 Å². The van der Waals surface area contributed by atoms with Crippen LogP contribution in [0.25, 0.3) is 0 Å². The second kappa shape index (κ2) is 6.65. The lowest BCUT2D eigenvalue weighted by atomic mass is 10.0. The molecule has 0 aromatic heterocycles. The van der Waals surface area contributed by atoms with Crippen LogP contribution in [0.4, 0.5) is 0 Å². The van der Waals surface area contributed by atoms with Crippen LogP contribution in [0.1, 0.15) is 36.7 Å². The summed E-state index contributed by atoms with van der Waals surface area (Å²) < 4.78 is 0. The van der Waals surface area contributed by atoms with Crippen LogP contribution in [0.15, 0.2) is 24.3 Å². The van der Waals surface area contributed by atoms with Gasteiger partial charge in [0.05, 0.1) is 0 Å². The Labute approximate surface area is 108 Å². The molecule has 0 spiro atoms. The zero-order chi connectivity index (χ0) is 12.8. The third kappa shape index (κ3) is 4.04. The fourth-order valence-corrected chi connectivity index (χ4v) is 1.73. The molecule has 0 fully saturated rings. The highest BCUT2D eigenvalue weighted by Crippen LogP contribution is 2.08. The van der Waals surface area contributed by atoms with Crippen LogP contribution >= 0.6 is 11.6 Å². The summed E-state index contributed by atoms with van der Waals surface area (Å²) in [4.78, 5) is 11.9. The SMILES string of the molecule is CCc1ccc(C(=O)NC(C)C(C)CCl)cc1. The zero-order valence-corrected chi connectivity index (χ0v) is 11.4. The van der Waals surface area contributed by atoms with Crippen LogP contribution in [0.5, 0.6) is 0 Å². The van der Waals surface area contributed by atoms with Crippen molar-refractivity contribution >= 4 is 17.5 Å². The van der Waals surface area contributed by atoms with Crippen molar-refractivity contribution in [3.63, 3.8) is 0 Å². The minimum atomic E-state index is -0.0304. The Morgan fingerprint density at radius 2 is 1.88 bits per heavy atom. The summed E-state index contributed by atoms with van der Waals surface area (Å²) in [7, 11) is 0. The average Bonchev–Trinajstić information content (AvgIpc) is 2.37. The van der Waals surface area contributed by atoms with E-state index >= 15 is 0 Å². The fourth-order valence-electron chi connectivity index (χ4n) is 1.46. The van der Waals surface area contributed by atoms with E-state index in [0.717, 1.165) is 6.42 Å². The molecule has 0 aliphatic heterocycles. The van der Waals surface area contributed by atoms with Crippen molar-refractivity contribution in [1.82, 2.24) is 5.32 Å². The number of aryl methyl sites for hydroxylation is 1. The molecule has 3 heteroatoms. The minimum Gasteiger partial charge on any atom is -0.349 e. The van der Waals surface area contributed by atoms with Gasteiger partial charge in [-0.2, -0.15) is 0 Å². The first-order valence-electron chi connectivity index (χ1n) is 6.04. The molecular weight excluding hydrogens is 234 g/mol. The van der Waals surface area contributed by atoms with E-state index < -0.39 is 0 Å². The topological polar surface area (TPSA) is 29.1 Å². The number of hydrogen-bond donors (Lipinski definition) is 1. The molecule has 94 valence electrons. The molecule has 1 rings (SSSR count). The molecular formula is C14H20ClNO. The van der Waals surface area contributed by atoms with E-state index in [1.165, 1.54) is 5.56 Å². The summed E-state index contributed by atoms with van der Waals surface area (Å²) in [6.45, 7) is 6.10. The molecule has 0 aliphatic carbocycles. The number of nitrogens with one attached hydrogen (secondary N) is 1. The highest BCUT2D eigenvalue weighted by Gasteiger charge is 2.14. The summed E-state index contributed by atoms with van der Waals surface area (Å²) in [5.74, 6) is 0.795. The lowest BCUT2D eigenvalue weighted by molar-refractivity contribution is 0.0931. The molecule has 2 nitrogen and oxygen atoms in total. The number of benzene rings is 1. The van der Waals surface area contributed by atoms with Crippen molar-refractivity contribution in [2.75, 3.05) is 5.88 Å². The lowest BCUT2D eigenvalue weighted by Gasteiger charge is -2.19. The van der Waals surface area contributed by atoms with Crippen molar-refractivity contribution in [2.45, 2.75) is 33.2 Å². The third-order valence-electron chi connectivity index (χ3n) is 3.08. The normalized spacial score (nSPS) is 14.1. The Balaban J connectivity index is 2.63. The number of hydrogen-bond acceptors (Lipinski definition) is 1. The largest absolute Gasteiger partial charge is 0.349 e. The molecule has 0 saturated carbocycles. The molecule has 1 aromatic rings. The predicted molar refractivity (Wildman–Crippen MR) is 72.6 cm³/mol. The molecule has 1 N–H and O–H groups in total. The van der Waals surface area contributed by atoms with E-state index in [0.29, 0.717) is 11.4 Å². The molecule has 2 unspecified atom stereocenters. The van der Waals surface area contributed by atoms with E-state index in [-0.39, 0.29) is 17.9 Å². The van der Waals surface area contributed by atoms with Crippen LogP contribution in [0.3, 0.4) is 0 Å². The zero-order valence-electron chi connectivity index (χ0n) is 10.7. The van der Waals surface area contributed by atoms with Crippen molar-refractivity contribution in [2.24, 2.45) is 5.92 Å². The molecule has 1 amide bonds. The smallest absolute Gasteiger partial charge is 0.251 e. The summed E-state index contributed by atoms with van der Waals surface area (Å²) >= 11 is 5.76. The van der Waals surface area contributed by atoms with Crippen LogP contribution in [-0.4, -0.2) is 17.8 Å². The lowest BCUT2D eigenvalue weighted by Crippen LogP contribution is -2.37. The molecule has 0 saturated heterocycles. The van der Waals surface area contributed by atoms with Crippen molar-refractivity contribution in [3.8, 4) is 0 Å². The molecule has 0 heterocycles. The second-order valence-electron chi connectivity index (χ2n) is 4.44. The summed E-state index contributed by atoms with van der Waals surface area (Å²) in [6, 6.07) is 7.80. The number of alkyl halides is 1. The van der Waals surface area contributed by atoms with Crippen molar-refractivity contribution in [1.29, 1.82) is 0 Å². The Hall–Kier alpha value is -1.02. The van der Waals surface area contributed by atoms with Gasteiger partial charge in [-0.1, -0.05) is 26.0 Å². The number of rotatable bonds is 5. The van der Waals surface area contributed by atoms with Crippen molar-refractivity contribution in [3.05, 3.63) is 35.4 Å². The molecule has 0 radical (unpaired) electrons. The molecule has 0 bridgehead atoms. The third-order valence-corrected chi connectivity index (χ3v) is 3.57. The van der Waals surface area contributed by atoms with Gasteiger partial charge in [-0.25, -0.2) is 0 Å². The maximum atomic E-state index is 11.9. The summed E-state index contributed by atoms with van der Waals surface area (Å²) in [6.07, 6.45) is 0.988. The van der Waals surface area contributed by atoms with Crippen LogP contribution in [-0.2, 0) is 6.42 Å². The van der Waals surface area contributed by atoms with Gasteiger partial charge in [0.15, 0.2) is 0 Å². The molecule has 17 heavy (non-hydrogen) atoms.